The van der Waals surface area contributed by atoms with Gasteiger partial charge in [-0.1, -0.05) is 12.1 Å². The molecule has 3 N–H and O–H groups in total. The second kappa shape index (κ2) is 24.9. The third-order valence-electron chi connectivity index (χ3n) is 10.2. The van der Waals surface area contributed by atoms with E-state index in [0.29, 0.717) is 43.9 Å². The highest BCUT2D eigenvalue weighted by molar-refractivity contribution is 5.79. The number of amides is 3. The average molecular weight is 843 g/mol. The van der Waals surface area contributed by atoms with E-state index in [1.54, 1.807) is 26.8 Å². The highest BCUT2D eigenvalue weighted by Gasteiger charge is 2.35. The molecule has 1 aliphatic carbocycles. The molecule has 0 saturated carbocycles. The molecule has 60 heavy (non-hydrogen) atoms. The smallest absolute Gasteiger partial charge is 0.320 e. The van der Waals surface area contributed by atoms with Gasteiger partial charge in [0.25, 0.3) is 19.4 Å². The van der Waals surface area contributed by atoms with E-state index in [-0.39, 0.29) is 91.3 Å². The maximum atomic E-state index is 13.6. The van der Waals surface area contributed by atoms with Gasteiger partial charge in [-0.25, -0.2) is 14.7 Å². The number of carbonyl (C=O) groups is 7. The van der Waals surface area contributed by atoms with Crippen molar-refractivity contribution in [2.75, 3.05) is 86.2 Å². The molecule has 0 unspecified atom stereocenters. The molecule has 328 valence electrons. The zero-order valence-electron chi connectivity index (χ0n) is 33.8. The van der Waals surface area contributed by atoms with Crippen LogP contribution in [0, 0.1) is 0 Å². The topological polar surface area (TPSA) is 251 Å². The number of hydrogen-bond donors (Lipinski definition) is 3. The first-order chi connectivity index (χ1) is 29.0. The van der Waals surface area contributed by atoms with Gasteiger partial charge in [0.1, 0.15) is 20.2 Å². The van der Waals surface area contributed by atoms with E-state index in [9.17, 15) is 43.8 Å². The Morgan fingerprint density at radius 1 is 0.883 bits per heavy atom. The van der Waals surface area contributed by atoms with Crippen LogP contribution in [0.4, 0.5) is 4.79 Å². The molecular formula is C39H54N8O13. The maximum absolute atomic E-state index is 13.6. The molecule has 2 aliphatic rings. The standard InChI is InChI=1S/C39H54N8O13/c1-57-36-9-8-30(19-41-36)34(18-37(52)53)47-16-15-46(39(47)56)10-4-7-33-31(17-29-5-2-3-6-32(29)42-33)20-40-35(51)21-44(22-38(54)55)13-11-43(23-58-26-48)12-14-45(24-59-27-49)25-60-28-50/h8-9,17,19,26-28,34H,2-7,10-16,18,20-25H2,1H3,(H,40,51)(H,52,53)(H,54,55)/t34-/m0/s1. The Hall–Kier alpha value is -5.93. The number of methoxy groups -OCH3 is 1. The summed E-state index contributed by atoms with van der Waals surface area (Å²) in [7, 11) is 1.48. The first-order valence-electron chi connectivity index (χ1n) is 19.6. The first kappa shape index (κ1) is 46.8. The number of hydrogen-bond acceptors (Lipinski definition) is 16. The van der Waals surface area contributed by atoms with E-state index in [4.69, 9.17) is 23.9 Å². The SMILES string of the molecule is COc1ccc([C@H](CC(=O)O)N2CCN(CCCc3nc4c(cc3CNC(=O)CN(CCN(CCN(COC=O)COC=O)COC=O)CC(=O)O)CCCC4)C2=O)cn1. The number of pyridine rings is 2. The predicted octanol–water partition coefficient (Wildman–Crippen LogP) is 0.249. The van der Waals surface area contributed by atoms with Gasteiger partial charge in [0.2, 0.25) is 11.8 Å². The van der Waals surface area contributed by atoms with Crippen LogP contribution in [0.1, 0.15) is 59.8 Å². The minimum absolute atomic E-state index is 0.115. The Balaban J connectivity index is 1.36. The van der Waals surface area contributed by atoms with Crippen LogP contribution >= 0.6 is 0 Å². The van der Waals surface area contributed by atoms with E-state index < -0.39 is 30.4 Å². The second-order valence-electron chi connectivity index (χ2n) is 14.3. The third kappa shape index (κ3) is 15.0. The monoisotopic (exact) mass is 842 g/mol. The van der Waals surface area contributed by atoms with Crippen molar-refractivity contribution in [3.8, 4) is 5.88 Å². The van der Waals surface area contributed by atoms with Gasteiger partial charge in [0, 0.05) is 76.0 Å². The molecule has 2 aromatic heterocycles. The lowest BCUT2D eigenvalue weighted by molar-refractivity contribution is -0.143. The molecule has 0 bridgehead atoms. The number of ether oxygens (including phenoxy) is 4. The van der Waals surface area contributed by atoms with Crippen LogP contribution in [0.2, 0.25) is 0 Å². The van der Waals surface area contributed by atoms with Crippen molar-refractivity contribution < 1.29 is 62.7 Å². The van der Waals surface area contributed by atoms with Crippen molar-refractivity contribution in [2.24, 2.45) is 0 Å². The highest BCUT2D eigenvalue weighted by atomic mass is 16.6. The Kier molecular flexibility index (Phi) is 19.4. The summed E-state index contributed by atoms with van der Waals surface area (Å²) in [5.41, 5.74) is 4.37. The van der Waals surface area contributed by atoms with Gasteiger partial charge in [-0.2, -0.15) is 0 Å². The summed E-state index contributed by atoms with van der Waals surface area (Å²) < 4.78 is 19.5. The summed E-state index contributed by atoms with van der Waals surface area (Å²) in [6.07, 6.45) is 6.10. The summed E-state index contributed by atoms with van der Waals surface area (Å²) in [4.78, 5) is 99.8. The molecule has 3 heterocycles. The average Bonchev–Trinajstić information content (AvgIpc) is 3.60. The molecule has 0 spiro atoms. The van der Waals surface area contributed by atoms with Crippen LogP contribution in [0.15, 0.2) is 24.4 Å². The summed E-state index contributed by atoms with van der Waals surface area (Å²) in [6.45, 7) is 1.76. The van der Waals surface area contributed by atoms with Crippen LogP contribution < -0.4 is 10.1 Å². The van der Waals surface area contributed by atoms with Gasteiger partial charge in [-0.3, -0.25) is 43.6 Å². The summed E-state index contributed by atoms with van der Waals surface area (Å²) >= 11 is 0. The minimum Gasteiger partial charge on any atom is -0.481 e. The van der Waals surface area contributed by atoms with Crippen LogP contribution in [0.3, 0.4) is 0 Å². The fourth-order valence-electron chi connectivity index (χ4n) is 7.15. The Bertz CT molecular complexity index is 1740. The number of aromatic nitrogens is 2. The van der Waals surface area contributed by atoms with Crippen molar-refractivity contribution >= 4 is 43.3 Å². The van der Waals surface area contributed by atoms with Gasteiger partial charge in [0.05, 0.1) is 32.7 Å². The summed E-state index contributed by atoms with van der Waals surface area (Å²) in [5, 5.41) is 22.2. The van der Waals surface area contributed by atoms with Crippen molar-refractivity contribution in [1.82, 2.24) is 39.8 Å². The molecule has 3 amide bonds. The van der Waals surface area contributed by atoms with Crippen molar-refractivity contribution in [1.29, 1.82) is 0 Å². The number of aliphatic carboxylic acids is 2. The lowest BCUT2D eigenvalue weighted by Crippen LogP contribution is -2.45. The number of aryl methyl sites for hydroxylation is 3. The Morgan fingerprint density at radius 2 is 1.55 bits per heavy atom. The quantitative estimate of drug-likeness (QED) is 0.0542. The van der Waals surface area contributed by atoms with E-state index in [2.05, 4.69) is 16.4 Å². The highest BCUT2D eigenvalue weighted by Crippen LogP contribution is 2.29. The second-order valence-corrected chi connectivity index (χ2v) is 14.3. The Labute approximate surface area is 347 Å². The van der Waals surface area contributed by atoms with Crippen molar-refractivity contribution in [3.05, 3.63) is 52.5 Å². The minimum atomic E-state index is -1.14. The zero-order chi connectivity index (χ0) is 43.3. The maximum Gasteiger partial charge on any atom is 0.320 e. The fraction of sp³-hybridized carbons (Fsp3) is 0.564. The van der Waals surface area contributed by atoms with Crippen molar-refractivity contribution in [3.63, 3.8) is 0 Å². The van der Waals surface area contributed by atoms with Gasteiger partial charge in [-0.15, -0.1) is 0 Å². The lowest BCUT2D eigenvalue weighted by Gasteiger charge is -2.28. The number of carboxylic acids is 2. The van der Waals surface area contributed by atoms with Gasteiger partial charge in [-0.05, 0) is 55.2 Å². The number of urea groups is 1. The molecule has 1 fully saturated rings. The van der Waals surface area contributed by atoms with Gasteiger partial charge < -0.3 is 44.3 Å². The molecule has 21 nitrogen and oxygen atoms in total. The largest absolute Gasteiger partial charge is 0.481 e. The Morgan fingerprint density at radius 3 is 2.18 bits per heavy atom. The number of nitrogens with one attached hydrogen (secondary N) is 1. The van der Waals surface area contributed by atoms with E-state index >= 15 is 0 Å². The van der Waals surface area contributed by atoms with Gasteiger partial charge >= 0.3 is 18.0 Å². The van der Waals surface area contributed by atoms with E-state index in [1.807, 2.05) is 0 Å². The van der Waals surface area contributed by atoms with E-state index in [1.165, 1.54) is 23.1 Å². The number of nitrogens with zero attached hydrogens (tertiary/aromatic N) is 7. The molecule has 0 aromatic carbocycles. The molecule has 4 rings (SSSR count). The third-order valence-corrected chi connectivity index (χ3v) is 10.2. The number of carbonyl (C=O) groups excluding carboxylic acids is 5. The molecular weight excluding hydrogens is 788 g/mol. The zero-order valence-corrected chi connectivity index (χ0v) is 33.8. The molecule has 21 heteroatoms. The molecule has 1 saturated heterocycles. The number of rotatable bonds is 30. The fourth-order valence-corrected chi connectivity index (χ4v) is 7.15. The lowest BCUT2D eigenvalue weighted by atomic mass is 9.93. The molecule has 1 atom stereocenters. The predicted molar refractivity (Wildman–Crippen MR) is 209 cm³/mol. The number of fused-ring (bicyclic) bond motifs is 1. The normalized spacial score (nSPS) is 14.2. The van der Waals surface area contributed by atoms with Crippen LogP contribution in [0.5, 0.6) is 5.88 Å². The first-order valence-corrected chi connectivity index (χ1v) is 19.6. The van der Waals surface area contributed by atoms with E-state index in [0.717, 1.165) is 48.2 Å². The van der Waals surface area contributed by atoms with Crippen LogP contribution in [0.25, 0.3) is 0 Å². The van der Waals surface area contributed by atoms with Crippen LogP contribution in [-0.4, -0.2) is 174 Å². The molecule has 0 radical (unpaired) electrons. The molecule has 1 aliphatic heterocycles. The van der Waals surface area contributed by atoms with Gasteiger partial charge in [0.15, 0.2) is 0 Å². The summed E-state index contributed by atoms with van der Waals surface area (Å²) in [6, 6.07) is 4.46. The van der Waals surface area contributed by atoms with Crippen LogP contribution in [-0.2, 0) is 68.8 Å². The van der Waals surface area contributed by atoms with Crippen molar-refractivity contribution in [2.45, 2.75) is 57.5 Å². The summed E-state index contributed by atoms with van der Waals surface area (Å²) in [5.74, 6) is -2.21. The molecule has 2 aromatic rings. The number of carboxylic acid groups (broad SMARTS) is 2.